The average Bonchev–Trinajstić information content (AvgIpc) is 3.24. The molecular weight excluding hydrogens is 314 g/mol. The van der Waals surface area contributed by atoms with E-state index in [0.29, 0.717) is 23.5 Å². The smallest absolute Gasteiger partial charge is 0.307 e. The Hall–Kier alpha value is -2.81. The first kappa shape index (κ1) is 16.1. The monoisotopic (exact) mass is 331 g/mol. The van der Waals surface area contributed by atoms with Gasteiger partial charge < -0.3 is 10.1 Å². The maximum Gasteiger partial charge on any atom is 0.307 e. The van der Waals surface area contributed by atoms with Gasteiger partial charge in [0, 0.05) is 13.2 Å². The topological polar surface area (TPSA) is 112 Å². The van der Waals surface area contributed by atoms with Crippen molar-refractivity contribution in [3.05, 3.63) is 46.0 Å². The Balaban J connectivity index is 1.77. The predicted octanol–water partition coefficient (Wildman–Crippen LogP) is 1.39. The highest BCUT2D eigenvalue weighted by Crippen LogP contribution is 2.16. The lowest BCUT2D eigenvalue weighted by atomic mass is 10.1. The van der Waals surface area contributed by atoms with Gasteiger partial charge in [0.05, 0.1) is 34.2 Å². The minimum absolute atomic E-state index is 0.0548. The molecule has 1 amide bonds. The number of nitro groups is 1. The molecule has 0 aromatic carbocycles. The minimum Gasteiger partial charge on any atom is -0.376 e. The largest absolute Gasteiger partial charge is 0.376 e. The third-order valence-electron chi connectivity index (χ3n) is 3.88. The van der Waals surface area contributed by atoms with Crippen LogP contribution in [0.4, 0.5) is 5.69 Å². The Morgan fingerprint density at radius 2 is 2.38 bits per heavy atom. The number of aromatic nitrogens is 3. The zero-order valence-corrected chi connectivity index (χ0v) is 13.1. The number of nitrogens with one attached hydrogen (secondary N) is 1. The van der Waals surface area contributed by atoms with Gasteiger partial charge >= 0.3 is 5.69 Å². The molecule has 0 unspecified atom stereocenters. The van der Waals surface area contributed by atoms with Crippen LogP contribution in [-0.4, -0.2) is 44.9 Å². The fourth-order valence-corrected chi connectivity index (χ4v) is 2.53. The molecule has 1 aliphatic rings. The van der Waals surface area contributed by atoms with Crippen LogP contribution in [0.2, 0.25) is 0 Å². The molecule has 9 heteroatoms. The van der Waals surface area contributed by atoms with Crippen LogP contribution in [0, 0.1) is 17.0 Å². The second-order valence-corrected chi connectivity index (χ2v) is 5.57. The molecule has 126 valence electrons. The predicted molar refractivity (Wildman–Crippen MR) is 84.1 cm³/mol. The van der Waals surface area contributed by atoms with Gasteiger partial charge in [-0.15, -0.1) is 0 Å². The molecule has 24 heavy (non-hydrogen) atoms. The highest BCUT2D eigenvalue weighted by Gasteiger charge is 2.18. The maximum absolute atomic E-state index is 12.4. The van der Waals surface area contributed by atoms with Crippen LogP contribution in [-0.2, 0) is 4.74 Å². The van der Waals surface area contributed by atoms with Crippen molar-refractivity contribution in [2.24, 2.45) is 0 Å². The minimum atomic E-state index is -0.527. The van der Waals surface area contributed by atoms with Crippen molar-refractivity contribution in [1.29, 1.82) is 0 Å². The molecule has 2 aromatic heterocycles. The highest BCUT2D eigenvalue weighted by molar-refractivity contribution is 5.95. The Morgan fingerprint density at radius 1 is 1.54 bits per heavy atom. The number of carbonyl (C=O) groups is 1. The summed E-state index contributed by atoms with van der Waals surface area (Å²) in [5.74, 6) is -0.251. The summed E-state index contributed by atoms with van der Waals surface area (Å²) in [5, 5.41) is 17.5. The molecular formula is C15H17N5O4. The van der Waals surface area contributed by atoms with Crippen LogP contribution >= 0.6 is 0 Å². The molecule has 1 fully saturated rings. The first-order valence-electron chi connectivity index (χ1n) is 7.60. The van der Waals surface area contributed by atoms with Crippen molar-refractivity contribution in [3.8, 4) is 5.69 Å². The van der Waals surface area contributed by atoms with Crippen molar-refractivity contribution in [2.45, 2.75) is 25.9 Å². The van der Waals surface area contributed by atoms with E-state index in [0.717, 1.165) is 25.6 Å². The van der Waals surface area contributed by atoms with E-state index in [1.165, 1.54) is 17.1 Å². The molecule has 0 saturated carbocycles. The summed E-state index contributed by atoms with van der Waals surface area (Å²) in [6.45, 7) is 2.92. The molecule has 1 aliphatic heterocycles. The number of aryl methyl sites for hydroxylation is 1. The number of amides is 1. The number of carbonyl (C=O) groups excluding carboxylic acids is 1. The maximum atomic E-state index is 12.4. The van der Waals surface area contributed by atoms with Gasteiger partial charge in [0.25, 0.3) is 5.91 Å². The van der Waals surface area contributed by atoms with E-state index < -0.39 is 4.92 Å². The van der Waals surface area contributed by atoms with Crippen LogP contribution in [0.25, 0.3) is 5.69 Å². The van der Waals surface area contributed by atoms with Gasteiger partial charge in [-0.2, -0.15) is 5.10 Å². The number of rotatable bonds is 5. The fraction of sp³-hybridized carbons (Fsp3) is 0.400. The lowest BCUT2D eigenvalue weighted by molar-refractivity contribution is -0.384. The first-order valence-corrected chi connectivity index (χ1v) is 7.60. The summed E-state index contributed by atoms with van der Waals surface area (Å²) in [6.07, 6.45) is 5.95. The molecule has 1 N–H and O–H groups in total. The van der Waals surface area contributed by atoms with Crippen LogP contribution < -0.4 is 5.32 Å². The van der Waals surface area contributed by atoms with E-state index in [2.05, 4.69) is 15.4 Å². The molecule has 0 bridgehead atoms. The Morgan fingerprint density at radius 3 is 3.04 bits per heavy atom. The van der Waals surface area contributed by atoms with Gasteiger partial charge in [0.15, 0.2) is 0 Å². The van der Waals surface area contributed by atoms with Gasteiger partial charge in [0.2, 0.25) is 0 Å². The van der Waals surface area contributed by atoms with Crippen molar-refractivity contribution in [1.82, 2.24) is 20.1 Å². The standard InChI is InChI=1S/C15H17N5O4/c1-10-14(15(21)17-8-13-3-2-4-24-13)5-11(6-16-10)19-9-12(7-18-19)20(22)23/h5-7,9,13H,2-4,8H2,1H3,(H,17,21)/t13-/m0/s1. The lowest BCUT2D eigenvalue weighted by Crippen LogP contribution is -2.32. The third-order valence-corrected chi connectivity index (χ3v) is 3.88. The second kappa shape index (κ2) is 6.75. The summed E-state index contributed by atoms with van der Waals surface area (Å²) in [5.41, 5.74) is 1.34. The SMILES string of the molecule is Cc1ncc(-n2cc([N+](=O)[O-])cn2)cc1C(=O)NC[C@@H]1CCCO1. The van der Waals surface area contributed by atoms with E-state index in [1.807, 2.05) is 0 Å². The average molecular weight is 331 g/mol. The number of hydrogen-bond acceptors (Lipinski definition) is 6. The molecule has 2 aromatic rings. The molecule has 0 radical (unpaired) electrons. The van der Waals surface area contributed by atoms with Crippen molar-refractivity contribution < 1.29 is 14.5 Å². The van der Waals surface area contributed by atoms with Crippen LogP contribution in [0.5, 0.6) is 0 Å². The van der Waals surface area contributed by atoms with Crippen molar-refractivity contribution in [2.75, 3.05) is 13.2 Å². The van der Waals surface area contributed by atoms with E-state index in [-0.39, 0.29) is 17.7 Å². The zero-order chi connectivity index (χ0) is 17.1. The van der Waals surface area contributed by atoms with E-state index >= 15 is 0 Å². The summed E-state index contributed by atoms with van der Waals surface area (Å²) in [6, 6.07) is 1.61. The normalized spacial score (nSPS) is 17.0. The Bertz CT molecular complexity index is 767. The van der Waals surface area contributed by atoms with E-state index in [4.69, 9.17) is 4.74 Å². The molecule has 0 aliphatic carbocycles. The number of pyridine rings is 1. The van der Waals surface area contributed by atoms with Gasteiger partial charge in [0.1, 0.15) is 12.4 Å². The van der Waals surface area contributed by atoms with Crippen molar-refractivity contribution >= 4 is 11.6 Å². The van der Waals surface area contributed by atoms with E-state index in [1.54, 1.807) is 13.0 Å². The van der Waals surface area contributed by atoms with E-state index in [9.17, 15) is 14.9 Å². The van der Waals surface area contributed by atoms with Gasteiger partial charge in [-0.3, -0.25) is 19.9 Å². The molecule has 0 spiro atoms. The fourth-order valence-electron chi connectivity index (χ4n) is 2.53. The van der Waals surface area contributed by atoms with Crippen LogP contribution in [0.1, 0.15) is 28.9 Å². The number of nitrogens with zero attached hydrogens (tertiary/aromatic N) is 4. The van der Waals surface area contributed by atoms with Gasteiger partial charge in [-0.1, -0.05) is 0 Å². The summed E-state index contributed by atoms with van der Waals surface area (Å²) < 4.78 is 6.80. The van der Waals surface area contributed by atoms with Crippen LogP contribution in [0.3, 0.4) is 0 Å². The zero-order valence-electron chi connectivity index (χ0n) is 13.1. The third kappa shape index (κ3) is 3.40. The summed E-state index contributed by atoms with van der Waals surface area (Å²) in [7, 11) is 0. The second-order valence-electron chi connectivity index (χ2n) is 5.57. The summed E-state index contributed by atoms with van der Waals surface area (Å²) in [4.78, 5) is 26.8. The Labute approximate surface area is 137 Å². The quantitative estimate of drug-likeness (QED) is 0.654. The van der Waals surface area contributed by atoms with Crippen molar-refractivity contribution in [3.63, 3.8) is 0 Å². The lowest BCUT2D eigenvalue weighted by Gasteiger charge is -2.12. The molecule has 9 nitrogen and oxygen atoms in total. The molecule has 1 saturated heterocycles. The first-order chi connectivity index (χ1) is 11.5. The number of ether oxygens (including phenoxy) is 1. The van der Waals surface area contributed by atoms with Gasteiger partial charge in [-0.05, 0) is 25.8 Å². The molecule has 3 heterocycles. The van der Waals surface area contributed by atoms with Crippen LogP contribution in [0.15, 0.2) is 24.7 Å². The number of hydrogen-bond donors (Lipinski definition) is 1. The highest BCUT2D eigenvalue weighted by atomic mass is 16.6. The summed E-state index contributed by atoms with van der Waals surface area (Å²) >= 11 is 0. The Kier molecular flexibility index (Phi) is 4.52. The van der Waals surface area contributed by atoms with Gasteiger partial charge in [-0.25, -0.2) is 4.68 Å². The molecule has 3 rings (SSSR count). The molecule has 1 atom stereocenters.